The topological polar surface area (TPSA) is 22.4 Å². The van der Waals surface area contributed by atoms with Crippen molar-refractivity contribution in [3.8, 4) is 5.95 Å². The lowest BCUT2D eigenvalue weighted by molar-refractivity contribution is 0.212. The molecule has 0 aromatic carbocycles. The smallest absolute Gasteiger partial charge is 0.284 e. The van der Waals surface area contributed by atoms with Gasteiger partial charge in [-0.25, -0.2) is 0 Å². The van der Waals surface area contributed by atoms with Gasteiger partial charge in [-0.3, -0.25) is 0 Å². The maximum Gasteiger partial charge on any atom is 0.284 e. The van der Waals surface area contributed by atoms with Crippen molar-refractivity contribution in [3.63, 3.8) is 0 Å². The standard InChI is InChI=1S/C9H14O2/c1-7(2)5-10-9-4-8(3)6-11-9/h4,6-7H,5H2,1-3H3. The molecule has 1 rings (SSSR count). The van der Waals surface area contributed by atoms with Crippen molar-refractivity contribution >= 4 is 0 Å². The Bertz CT molecular complexity index is 213. The second-order valence-corrected chi connectivity index (χ2v) is 3.15. The van der Waals surface area contributed by atoms with Crippen LogP contribution in [0.5, 0.6) is 5.95 Å². The van der Waals surface area contributed by atoms with E-state index in [4.69, 9.17) is 9.15 Å². The molecule has 1 aromatic heterocycles. The molecule has 0 N–H and O–H groups in total. The molecule has 0 aliphatic heterocycles. The Labute approximate surface area is 67.2 Å². The normalized spacial score (nSPS) is 10.5. The van der Waals surface area contributed by atoms with Gasteiger partial charge in [-0.15, -0.1) is 0 Å². The van der Waals surface area contributed by atoms with Crippen LogP contribution in [0, 0.1) is 12.8 Å². The summed E-state index contributed by atoms with van der Waals surface area (Å²) in [5.74, 6) is 1.16. The molecule has 1 heterocycles. The summed E-state index contributed by atoms with van der Waals surface area (Å²) >= 11 is 0. The second-order valence-electron chi connectivity index (χ2n) is 3.15. The van der Waals surface area contributed by atoms with Crippen molar-refractivity contribution in [2.24, 2.45) is 5.92 Å². The van der Waals surface area contributed by atoms with Crippen LogP contribution in [0.4, 0.5) is 0 Å². The van der Waals surface area contributed by atoms with Crippen LogP contribution in [0.25, 0.3) is 0 Å². The molecule has 2 nitrogen and oxygen atoms in total. The van der Waals surface area contributed by atoms with E-state index in [1.54, 1.807) is 6.26 Å². The van der Waals surface area contributed by atoms with Gasteiger partial charge >= 0.3 is 0 Å². The predicted octanol–water partition coefficient (Wildman–Crippen LogP) is 2.62. The first-order chi connectivity index (χ1) is 5.18. The number of rotatable bonds is 3. The average Bonchev–Trinajstić information content (AvgIpc) is 2.31. The highest BCUT2D eigenvalue weighted by molar-refractivity contribution is 5.14. The zero-order valence-electron chi connectivity index (χ0n) is 7.26. The van der Waals surface area contributed by atoms with Gasteiger partial charge in [-0.05, 0) is 18.4 Å². The Kier molecular flexibility index (Phi) is 2.58. The van der Waals surface area contributed by atoms with Crippen LogP contribution < -0.4 is 4.74 Å². The Morgan fingerprint density at radius 1 is 1.55 bits per heavy atom. The van der Waals surface area contributed by atoms with Crippen LogP contribution in [-0.2, 0) is 0 Å². The largest absolute Gasteiger partial charge is 0.465 e. The highest BCUT2D eigenvalue weighted by Crippen LogP contribution is 2.15. The molecule has 62 valence electrons. The molecular formula is C9H14O2. The summed E-state index contributed by atoms with van der Waals surface area (Å²) in [5.41, 5.74) is 1.10. The summed E-state index contributed by atoms with van der Waals surface area (Å²) in [6.07, 6.45) is 1.69. The second kappa shape index (κ2) is 3.46. The van der Waals surface area contributed by atoms with Gasteiger partial charge in [-0.2, -0.15) is 0 Å². The van der Waals surface area contributed by atoms with Crippen LogP contribution in [0.2, 0.25) is 0 Å². The van der Waals surface area contributed by atoms with E-state index in [9.17, 15) is 0 Å². The number of ether oxygens (including phenoxy) is 1. The Hall–Kier alpha value is -0.920. The highest BCUT2D eigenvalue weighted by Gasteiger charge is 1.99. The molecule has 0 atom stereocenters. The van der Waals surface area contributed by atoms with E-state index in [2.05, 4.69) is 13.8 Å². The van der Waals surface area contributed by atoms with Gasteiger partial charge in [0.2, 0.25) is 0 Å². The molecule has 2 heteroatoms. The van der Waals surface area contributed by atoms with Crippen molar-refractivity contribution < 1.29 is 9.15 Å². The lowest BCUT2D eigenvalue weighted by Gasteiger charge is -2.03. The Balaban J connectivity index is 2.39. The molecule has 0 unspecified atom stereocenters. The molecule has 11 heavy (non-hydrogen) atoms. The van der Waals surface area contributed by atoms with Gasteiger partial charge in [0, 0.05) is 6.07 Å². The first kappa shape index (κ1) is 8.18. The van der Waals surface area contributed by atoms with Crippen molar-refractivity contribution in [1.82, 2.24) is 0 Å². The molecule has 0 spiro atoms. The van der Waals surface area contributed by atoms with E-state index < -0.39 is 0 Å². The third-order valence-corrected chi connectivity index (χ3v) is 1.27. The molecule has 0 saturated heterocycles. The van der Waals surface area contributed by atoms with E-state index in [1.165, 1.54) is 0 Å². The molecule has 0 bridgehead atoms. The minimum Gasteiger partial charge on any atom is -0.465 e. The lowest BCUT2D eigenvalue weighted by Crippen LogP contribution is -2.03. The summed E-state index contributed by atoms with van der Waals surface area (Å²) in [7, 11) is 0. The van der Waals surface area contributed by atoms with E-state index in [-0.39, 0.29) is 0 Å². The first-order valence-electron chi connectivity index (χ1n) is 3.86. The van der Waals surface area contributed by atoms with Gasteiger partial charge in [0.1, 0.15) is 0 Å². The number of furan rings is 1. The van der Waals surface area contributed by atoms with Crippen molar-refractivity contribution in [3.05, 3.63) is 17.9 Å². The highest BCUT2D eigenvalue weighted by atomic mass is 16.6. The van der Waals surface area contributed by atoms with Crippen LogP contribution in [0.1, 0.15) is 19.4 Å². The molecule has 0 aliphatic carbocycles. The fourth-order valence-corrected chi connectivity index (χ4v) is 0.729. The fourth-order valence-electron chi connectivity index (χ4n) is 0.729. The van der Waals surface area contributed by atoms with Gasteiger partial charge in [0.25, 0.3) is 5.95 Å². The minimum absolute atomic E-state index is 0.542. The van der Waals surface area contributed by atoms with Crippen LogP contribution in [-0.4, -0.2) is 6.61 Å². The monoisotopic (exact) mass is 154 g/mol. The minimum atomic E-state index is 0.542. The molecule has 1 aromatic rings. The van der Waals surface area contributed by atoms with Crippen LogP contribution in [0.15, 0.2) is 16.7 Å². The molecular weight excluding hydrogens is 140 g/mol. The zero-order valence-corrected chi connectivity index (χ0v) is 7.26. The third kappa shape index (κ3) is 2.66. The maximum absolute atomic E-state index is 5.32. The maximum atomic E-state index is 5.32. The summed E-state index contributed by atoms with van der Waals surface area (Å²) in [5, 5.41) is 0. The van der Waals surface area contributed by atoms with Gasteiger partial charge in [0.05, 0.1) is 12.9 Å². The van der Waals surface area contributed by atoms with Gasteiger partial charge in [0.15, 0.2) is 0 Å². The average molecular weight is 154 g/mol. The Morgan fingerprint density at radius 2 is 2.27 bits per heavy atom. The fraction of sp³-hybridized carbons (Fsp3) is 0.556. The summed E-state index contributed by atoms with van der Waals surface area (Å²) in [6, 6.07) is 1.89. The van der Waals surface area contributed by atoms with Crippen molar-refractivity contribution in [2.75, 3.05) is 6.61 Å². The quantitative estimate of drug-likeness (QED) is 0.667. The SMILES string of the molecule is Cc1coc(OCC(C)C)c1. The Morgan fingerprint density at radius 3 is 2.73 bits per heavy atom. The van der Waals surface area contributed by atoms with Gasteiger partial charge < -0.3 is 9.15 Å². The van der Waals surface area contributed by atoms with E-state index in [1.807, 2.05) is 13.0 Å². The summed E-state index contributed by atoms with van der Waals surface area (Å²) in [6.45, 7) is 6.91. The van der Waals surface area contributed by atoms with E-state index in [0.717, 1.165) is 5.56 Å². The van der Waals surface area contributed by atoms with Gasteiger partial charge in [-0.1, -0.05) is 13.8 Å². The van der Waals surface area contributed by atoms with E-state index in [0.29, 0.717) is 18.5 Å². The van der Waals surface area contributed by atoms with Crippen LogP contribution >= 0.6 is 0 Å². The third-order valence-electron chi connectivity index (χ3n) is 1.27. The molecule has 0 saturated carbocycles. The van der Waals surface area contributed by atoms with Crippen LogP contribution in [0.3, 0.4) is 0 Å². The number of hydrogen-bond acceptors (Lipinski definition) is 2. The summed E-state index contributed by atoms with van der Waals surface area (Å²) in [4.78, 5) is 0. The number of hydrogen-bond donors (Lipinski definition) is 0. The molecule has 0 radical (unpaired) electrons. The molecule has 0 amide bonds. The first-order valence-corrected chi connectivity index (χ1v) is 3.86. The zero-order chi connectivity index (χ0) is 8.27. The summed E-state index contributed by atoms with van der Waals surface area (Å²) < 4.78 is 10.4. The van der Waals surface area contributed by atoms with Crippen molar-refractivity contribution in [1.29, 1.82) is 0 Å². The lowest BCUT2D eigenvalue weighted by atomic mass is 10.2. The van der Waals surface area contributed by atoms with Crippen molar-refractivity contribution in [2.45, 2.75) is 20.8 Å². The van der Waals surface area contributed by atoms with E-state index >= 15 is 0 Å². The molecule has 0 fully saturated rings. The number of aryl methyl sites for hydroxylation is 1. The predicted molar refractivity (Wildman–Crippen MR) is 43.8 cm³/mol. The molecule has 0 aliphatic rings.